The molecule has 0 fully saturated rings. The molecule has 0 aromatic heterocycles. The van der Waals surface area contributed by atoms with Crippen LogP contribution in [0.25, 0.3) is 0 Å². The number of benzene rings is 1. The molecule has 0 atom stereocenters. The van der Waals surface area contributed by atoms with Crippen molar-refractivity contribution < 1.29 is 10.0 Å². The predicted octanol–water partition coefficient (Wildman–Crippen LogP) is 0.478. The third kappa shape index (κ3) is 2.27. The fourth-order valence-corrected chi connectivity index (χ4v) is 1.81. The summed E-state index contributed by atoms with van der Waals surface area (Å²) in [6.07, 6.45) is 0. The van der Waals surface area contributed by atoms with Gasteiger partial charge in [-0.3, -0.25) is 0 Å². The van der Waals surface area contributed by atoms with Crippen LogP contribution in [-0.4, -0.2) is 22.9 Å². The number of hydrogen-bond donors (Lipinski definition) is 2. The summed E-state index contributed by atoms with van der Waals surface area (Å²) in [4.78, 5) is 0.940. The Labute approximate surface area is 76.8 Å². The van der Waals surface area contributed by atoms with Crippen molar-refractivity contribution in [2.45, 2.75) is 11.8 Å². The van der Waals surface area contributed by atoms with Crippen LogP contribution in [0, 0.1) is 0 Å². The minimum atomic E-state index is -1.36. The lowest BCUT2D eigenvalue weighted by molar-refractivity contribution is 0.425. The highest BCUT2D eigenvalue weighted by atomic mass is 32.2. The summed E-state index contributed by atoms with van der Waals surface area (Å²) in [5, 5.41) is 17.9. The van der Waals surface area contributed by atoms with Crippen molar-refractivity contribution in [3.63, 3.8) is 0 Å². The molecule has 0 bridgehead atoms. The highest BCUT2D eigenvalue weighted by molar-refractivity contribution is 7.99. The van der Waals surface area contributed by atoms with E-state index in [0.29, 0.717) is 5.46 Å². The second-order valence-corrected chi connectivity index (χ2v) is 3.65. The van der Waals surface area contributed by atoms with E-state index in [2.05, 4.69) is 0 Å². The Bertz CT molecular complexity index is 253. The molecule has 0 heterocycles. The van der Waals surface area contributed by atoms with Gasteiger partial charge in [-0.1, -0.05) is 25.1 Å². The van der Waals surface area contributed by atoms with Crippen LogP contribution in [0.2, 0.25) is 0 Å². The van der Waals surface area contributed by atoms with Gasteiger partial charge in [-0.2, -0.15) is 0 Å². The molecule has 0 unspecified atom stereocenters. The first kappa shape index (κ1) is 9.64. The molecule has 0 spiro atoms. The average Bonchev–Trinajstić information content (AvgIpc) is 2.05. The summed E-state index contributed by atoms with van der Waals surface area (Å²) >= 11 is 1.61. The molecule has 0 radical (unpaired) electrons. The third-order valence-corrected chi connectivity index (χ3v) is 2.47. The van der Waals surface area contributed by atoms with E-state index in [-0.39, 0.29) is 0 Å². The number of thioether (sulfide) groups is 1. The van der Waals surface area contributed by atoms with Crippen LogP contribution in [0.3, 0.4) is 0 Å². The van der Waals surface area contributed by atoms with Crippen molar-refractivity contribution in [2.75, 3.05) is 5.75 Å². The zero-order valence-corrected chi connectivity index (χ0v) is 7.71. The Morgan fingerprint density at radius 2 is 2.00 bits per heavy atom. The molecule has 0 saturated carbocycles. The van der Waals surface area contributed by atoms with E-state index in [1.54, 1.807) is 23.9 Å². The van der Waals surface area contributed by atoms with Crippen molar-refractivity contribution in [1.29, 1.82) is 0 Å². The van der Waals surface area contributed by atoms with Crippen molar-refractivity contribution in [2.24, 2.45) is 0 Å². The van der Waals surface area contributed by atoms with Gasteiger partial charge in [0.2, 0.25) is 0 Å². The molecule has 12 heavy (non-hydrogen) atoms. The van der Waals surface area contributed by atoms with Gasteiger partial charge in [-0.05, 0) is 17.3 Å². The Hall–Kier alpha value is -0.445. The van der Waals surface area contributed by atoms with Crippen LogP contribution in [0.15, 0.2) is 29.2 Å². The highest BCUT2D eigenvalue weighted by Gasteiger charge is 2.14. The lowest BCUT2D eigenvalue weighted by Crippen LogP contribution is -2.31. The van der Waals surface area contributed by atoms with Crippen LogP contribution >= 0.6 is 11.8 Å². The van der Waals surface area contributed by atoms with Crippen LogP contribution in [0.1, 0.15) is 6.92 Å². The van der Waals surface area contributed by atoms with Crippen molar-refractivity contribution in [3.05, 3.63) is 24.3 Å². The average molecular weight is 182 g/mol. The number of rotatable bonds is 3. The van der Waals surface area contributed by atoms with Crippen LogP contribution in [0.5, 0.6) is 0 Å². The third-order valence-electron chi connectivity index (χ3n) is 1.50. The standard InChI is InChI=1S/C8H11BO2S/c1-2-12-8-6-4-3-5-7(8)9(10)11/h3-6,10-11H,2H2,1H3. The molecule has 0 saturated heterocycles. The van der Waals surface area contributed by atoms with Crippen molar-refractivity contribution >= 4 is 24.3 Å². The maximum atomic E-state index is 8.97. The van der Waals surface area contributed by atoms with E-state index in [9.17, 15) is 0 Å². The van der Waals surface area contributed by atoms with E-state index >= 15 is 0 Å². The highest BCUT2D eigenvalue weighted by Crippen LogP contribution is 2.14. The summed E-state index contributed by atoms with van der Waals surface area (Å²) in [6, 6.07) is 7.31. The van der Waals surface area contributed by atoms with Gasteiger partial charge < -0.3 is 10.0 Å². The van der Waals surface area contributed by atoms with Crippen LogP contribution in [0.4, 0.5) is 0 Å². The summed E-state index contributed by atoms with van der Waals surface area (Å²) in [5.41, 5.74) is 0.587. The second-order valence-electron chi connectivity index (χ2n) is 2.34. The zero-order valence-electron chi connectivity index (χ0n) is 6.90. The summed E-state index contributed by atoms with van der Waals surface area (Å²) in [5.74, 6) is 0.934. The lowest BCUT2D eigenvalue weighted by atomic mass is 9.80. The Morgan fingerprint density at radius 3 is 2.58 bits per heavy atom. The predicted molar refractivity (Wildman–Crippen MR) is 52.7 cm³/mol. The van der Waals surface area contributed by atoms with E-state index in [0.717, 1.165) is 10.6 Å². The molecule has 0 aliphatic heterocycles. The minimum absolute atomic E-state index is 0.587. The molecular formula is C8H11BO2S. The van der Waals surface area contributed by atoms with Gasteiger partial charge in [0.05, 0.1) is 0 Å². The smallest absolute Gasteiger partial charge is 0.423 e. The lowest BCUT2D eigenvalue weighted by Gasteiger charge is -2.05. The van der Waals surface area contributed by atoms with Gasteiger partial charge >= 0.3 is 7.12 Å². The van der Waals surface area contributed by atoms with E-state index in [1.165, 1.54) is 0 Å². The van der Waals surface area contributed by atoms with Crippen LogP contribution in [-0.2, 0) is 0 Å². The zero-order chi connectivity index (χ0) is 8.97. The first-order valence-corrected chi connectivity index (χ1v) is 4.82. The van der Waals surface area contributed by atoms with Crippen molar-refractivity contribution in [3.8, 4) is 0 Å². The molecule has 2 nitrogen and oxygen atoms in total. The number of hydrogen-bond acceptors (Lipinski definition) is 3. The maximum absolute atomic E-state index is 8.97. The Balaban J connectivity index is 2.92. The summed E-state index contributed by atoms with van der Waals surface area (Å²) < 4.78 is 0. The van der Waals surface area contributed by atoms with Gasteiger partial charge in [-0.15, -0.1) is 11.8 Å². The largest absolute Gasteiger partial charge is 0.489 e. The molecule has 1 aromatic rings. The van der Waals surface area contributed by atoms with E-state index in [4.69, 9.17) is 10.0 Å². The monoisotopic (exact) mass is 182 g/mol. The van der Waals surface area contributed by atoms with Gasteiger partial charge in [0.1, 0.15) is 0 Å². The normalized spacial score (nSPS) is 9.92. The molecule has 2 N–H and O–H groups in total. The quantitative estimate of drug-likeness (QED) is 0.527. The summed E-state index contributed by atoms with van der Waals surface area (Å²) in [7, 11) is -1.36. The maximum Gasteiger partial charge on any atom is 0.489 e. The molecular weight excluding hydrogens is 171 g/mol. The van der Waals surface area contributed by atoms with E-state index < -0.39 is 7.12 Å². The van der Waals surface area contributed by atoms with Gasteiger partial charge in [0.25, 0.3) is 0 Å². The van der Waals surface area contributed by atoms with Gasteiger partial charge in [-0.25, -0.2) is 0 Å². The topological polar surface area (TPSA) is 40.5 Å². The second kappa shape index (κ2) is 4.55. The molecule has 0 amide bonds. The fourth-order valence-electron chi connectivity index (χ4n) is 0.981. The minimum Gasteiger partial charge on any atom is -0.423 e. The van der Waals surface area contributed by atoms with E-state index in [1.807, 2.05) is 19.1 Å². The first-order valence-electron chi connectivity index (χ1n) is 3.83. The van der Waals surface area contributed by atoms with Gasteiger partial charge in [0.15, 0.2) is 0 Å². The first-order chi connectivity index (χ1) is 5.75. The Morgan fingerprint density at radius 1 is 1.33 bits per heavy atom. The molecule has 1 rings (SSSR count). The SMILES string of the molecule is CCSc1ccccc1B(O)O. The fraction of sp³-hybridized carbons (Fsp3) is 0.250. The van der Waals surface area contributed by atoms with Crippen LogP contribution < -0.4 is 5.46 Å². The van der Waals surface area contributed by atoms with Gasteiger partial charge in [0, 0.05) is 4.90 Å². The molecule has 0 aliphatic carbocycles. The Kier molecular flexibility index (Phi) is 3.65. The molecule has 1 aromatic carbocycles. The molecule has 0 aliphatic rings. The molecule has 4 heteroatoms. The summed E-state index contributed by atoms with van der Waals surface area (Å²) in [6.45, 7) is 2.03. The molecule has 64 valence electrons. The van der Waals surface area contributed by atoms with Crippen molar-refractivity contribution in [1.82, 2.24) is 0 Å².